The molecule has 6 nitrogen and oxygen atoms in total. The molecule has 0 aliphatic carbocycles. The number of ether oxygens (including phenoxy) is 1. The highest BCUT2D eigenvalue weighted by Gasteiger charge is 2.33. The molecule has 0 saturated heterocycles. The molecule has 1 aromatic carbocycles. The number of aryl methyl sites for hydroxylation is 1. The molecule has 1 N–H and O–H groups in total. The minimum absolute atomic E-state index is 0.0327. The minimum Gasteiger partial charge on any atom is -0.465 e. The molecule has 0 radical (unpaired) electrons. The van der Waals surface area contributed by atoms with Crippen molar-refractivity contribution >= 4 is 27.3 Å². The summed E-state index contributed by atoms with van der Waals surface area (Å²) < 4.78 is 32.8. The lowest BCUT2D eigenvalue weighted by Gasteiger charge is -2.27. The lowest BCUT2D eigenvalue weighted by atomic mass is 10.0. The van der Waals surface area contributed by atoms with Crippen molar-refractivity contribution in [2.75, 3.05) is 20.2 Å². The highest BCUT2D eigenvalue weighted by atomic mass is 32.2. The average Bonchev–Trinajstić information content (AvgIpc) is 3.12. The van der Waals surface area contributed by atoms with Crippen LogP contribution in [-0.2, 0) is 40.7 Å². The van der Waals surface area contributed by atoms with E-state index in [1.54, 1.807) is 0 Å². The summed E-state index contributed by atoms with van der Waals surface area (Å²) in [5, 5.41) is 0. The summed E-state index contributed by atoms with van der Waals surface area (Å²) in [5.41, 5.74) is 3.49. The number of carbonyl (C=O) groups is 1. The Balaban J connectivity index is 1.87. The third-order valence-electron chi connectivity index (χ3n) is 4.99. The summed E-state index contributed by atoms with van der Waals surface area (Å²) in [7, 11) is -2.54. The van der Waals surface area contributed by atoms with E-state index in [4.69, 9.17) is 4.74 Å². The van der Waals surface area contributed by atoms with E-state index < -0.39 is 16.0 Å². The molecule has 0 bridgehead atoms. The predicted octanol–water partition coefficient (Wildman–Crippen LogP) is 3.12. The summed E-state index contributed by atoms with van der Waals surface area (Å²) >= 11 is 1.16. The fraction of sp³-hybridized carbons (Fsp3) is 0.381. The summed E-state index contributed by atoms with van der Waals surface area (Å²) in [6.07, 6.45) is 3.09. The van der Waals surface area contributed by atoms with Gasteiger partial charge in [0.25, 0.3) is 10.0 Å². The van der Waals surface area contributed by atoms with Crippen LogP contribution in [0.4, 0.5) is 0 Å². The van der Waals surface area contributed by atoms with Crippen molar-refractivity contribution in [1.29, 1.82) is 0 Å². The summed E-state index contributed by atoms with van der Waals surface area (Å²) in [6.45, 7) is 7.91. The van der Waals surface area contributed by atoms with Gasteiger partial charge in [-0.25, -0.2) is 17.9 Å². The Morgan fingerprint density at radius 3 is 2.62 bits per heavy atom. The van der Waals surface area contributed by atoms with Gasteiger partial charge in [0, 0.05) is 31.1 Å². The largest absolute Gasteiger partial charge is 0.465 e. The van der Waals surface area contributed by atoms with Crippen LogP contribution in [0, 0.1) is 0 Å². The van der Waals surface area contributed by atoms with Gasteiger partial charge in [0.1, 0.15) is 4.21 Å². The van der Waals surface area contributed by atoms with E-state index in [0.29, 0.717) is 13.0 Å². The SMILES string of the molecule is C=CCNS(=O)(=O)c1sc2c(c1C(=O)OC)CCN(Cc1ccc(CC)cc1)C2. The van der Waals surface area contributed by atoms with Gasteiger partial charge in [-0.3, -0.25) is 4.90 Å². The summed E-state index contributed by atoms with van der Waals surface area (Å²) in [6, 6.07) is 8.55. The first-order valence-corrected chi connectivity index (χ1v) is 11.8. The van der Waals surface area contributed by atoms with Gasteiger partial charge in [0.15, 0.2) is 0 Å². The smallest absolute Gasteiger partial charge is 0.340 e. The topological polar surface area (TPSA) is 75.7 Å². The Hall–Kier alpha value is -2.00. The van der Waals surface area contributed by atoms with Gasteiger partial charge in [0.2, 0.25) is 0 Å². The Morgan fingerprint density at radius 2 is 2.00 bits per heavy atom. The van der Waals surface area contributed by atoms with Crippen LogP contribution in [0.2, 0.25) is 0 Å². The Labute approximate surface area is 176 Å². The van der Waals surface area contributed by atoms with Crippen LogP contribution in [0.5, 0.6) is 0 Å². The normalized spacial score (nSPS) is 14.4. The van der Waals surface area contributed by atoms with Crippen molar-refractivity contribution in [3.05, 3.63) is 64.1 Å². The van der Waals surface area contributed by atoms with Crippen molar-refractivity contribution in [3.8, 4) is 0 Å². The molecule has 2 aromatic rings. The second kappa shape index (κ2) is 9.21. The third-order valence-corrected chi connectivity index (χ3v) is 8.15. The van der Waals surface area contributed by atoms with Crippen LogP contribution in [0.25, 0.3) is 0 Å². The van der Waals surface area contributed by atoms with Crippen LogP contribution >= 0.6 is 11.3 Å². The van der Waals surface area contributed by atoms with E-state index >= 15 is 0 Å². The van der Waals surface area contributed by atoms with E-state index in [2.05, 4.69) is 47.4 Å². The van der Waals surface area contributed by atoms with Crippen molar-refractivity contribution in [2.24, 2.45) is 0 Å². The first-order chi connectivity index (χ1) is 13.9. The summed E-state index contributed by atoms with van der Waals surface area (Å²) in [5.74, 6) is -0.606. The number of benzene rings is 1. The molecule has 2 heterocycles. The van der Waals surface area contributed by atoms with Crippen LogP contribution in [0.15, 0.2) is 41.1 Å². The van der Waals surface area contributed by atoms with Crippen molar-refractivity contribution < 1.29 is 17.9 Å². The average molecular weight is 435 g/mol. The number of sulfonamides is 1. The predicted molar refractivity (Wildman–Crippen MR) is 115 cm³/mol. The van der Waals surface area contributed by atoms with Crippen LogP contribution in [0.1, 0.15) is 38.8 Å². The fourth-order valence-electron chi connectivity index (χ4n) is 3.44. The molecule has 156 valence electrons. The number of nitrogens with one attached hydrogen (secondary N) is 1. The maximum absolute atomic E-state index is 12.7. The molecule has 0 unspecified atom stereocenters. The number of thiophene rings is 1. The van der Waals surface area contributed by atoms with Crippen LogP contribution < -0.4 is 4.72 Å². The molecular weight excluding hydrogens is 408 g/mol. The van der Waals surface area contributed by atoms with Crippen molar-refractivity contribution in [1.82, 2.24) is 9.62 Å². The van der Waals surface area contributed by atoms with Gasteiger partial charge in [-0.05, 0) is 29.5 Å². The molecule has 1 aliphatic rings. The second-order valence-corrected chi connectivity index (χ2v) is 10.00. The zero-order valence-corrected chi connectivity index (χ0v) is 18.4. The number of rotatable bonds is 8. The number of esters is 1. The zero-order valence-electron chi connectivity index (χ0n) is 16.7. The first-order valence-electron chi connectivity index (χ1n) is 9.53. The van der Waals surface area contributed by atoms with E-state index in [0.717, 1.165) is 41.3 Å². The van der Waals surface area contributed by atoms with Gasteiger partial charge >= 0.3 is 5.97 Å². The van der Waals surface area contributed by atoms with Gasteiger partial charge < -0.3 is 4.74 Å². The molecule has 0 atom stereocenters. The second-order valence-electron chi connectivity index (χ2n) is 6.93. The Kier molecular flexibility index (Phi) is 6.89. The standard InChI is InChI=1S/C21H26N2O4S2/c1-4-11-22-29(25,26)21-19(20(24)27-3)17-10-12-23(14-18(17)28-21)13-16-8-6-15(5-2)7-9-16/h4,6-9,22H,1,5,10-14H2,2-3H3. The zero-order chi connectivity index (χ0) is 21.0. The third kappa shape index (κ3) is 4.78. The molecule has 1 aliphatic heterocycles. The Bertz CT molecular complexity index is 994. The molecule has 0 fully saturated rings. The quantitative estimate of drug-likeness (QED) is 0.510. The van der Waals surface area contributed by atoms with E-state index in [1.807, 2.05) is 0 Å². The van der Waals surface area contributed by atoms with E-state index in [9.17, 15) is 13.2 Å². The Morgan fingerprint density at radius 1 is 1.31 bits per heavy atom. The van der Waals surface area contributed by atoms with Gasteiger partial charge in [-0.15, -0.1) is 17.9 Å². The monoisotopic (exact) mass is 434 g/mol. The lowest BCUT2D eigenvalue weighted by molar-refractivity contribution is 0.0595. The van der Waals surface area contributed by atoms with Gasteiger partial charge in [-0.2, -0.15) is 0 Å². The number of hydrogen-bond acceptors (Lipinski definition) is 6. The maximum Gasteiger partial charge on any atom is 0.340 e. The molecule has 3 rings (SSSR count). The molecule has 1 aromatic heterocycles. The van der Waals surface area contributed by atoms with Crippen molar-refractivity contribution in [2.45, 2.75) is 37.1 Å². The van der Waals surface area contributed by atoms with Crippen LogP contribution in [0.3, 0.4) is 0 Å². The molecule has 0 spiro atoms. The van der Waals surface area contributed by atoms with Gasteiger partial charge in [-0.1, -0.05) is 37.3 Å². The van der Waals surface area contributed by atoms with E-state index in [-0.39, 0.29) is 16.3 Å². The number of carbonyl (C=O) groups excluding carboxylic acids is 1. The minimum atomic E-state index is -3.81. The molecule has 29 heavy (non-hydrogen) atoms. The number of methoxy groups -OCH3 is 1. The summed E-state index contributed by atoms with van der Waals surface area (Å²) in [4.78, 5) is 15.6. The van der Waals surface area contributed by atoms with Gasteiger partial charge in [0.05, 0.1) is 12.7 Å². The number of hydrogen-bond donors (Lipinski definition) is 1. The number of nitrogens with zero attached hydrogens (tertiary/aromatic N) is 1. The molecule has 0 saturated carbocycles. The molecule has 8 heteroatoms. The fourth-order valence-corrected chi connectivity index (χ4v) is 6.40. The highest BCUT2D eigenvalue weighted by Crippen LogP contribution is 2.37. The van der Waals surface area contributed by atoms with E-state index in [1.165, 1.54) is 24.3 Å². The molecule has 0 amide bonds. The molecular formula is C21H26N2O4S2. The lowest BCUT2D eigenvalue weighted by Crippen LogP contribution is -2.30. The number of fused-ring (bicyclic) bond motifs is 1. The van der Waals surface area contributed by atoms with Crippen molar-refractivity contribution in [3.63, 3.8) is 0 Å². The van der Waals surface area contributed by atoms with Crippen LogP contribution in [-0.4, -0.2) is 39.5 Å². The highest BCUT2D eigenvalue weighted by molar-refractivity contribution is 7.91. The maximum atomic E-state index is 12.7. The first kappa shape index (κ1) is 21.7.